The number of carbonyl (C=O) groups excluding carboxylic acids is 3. The maximum atomic E-state index is 14.2. The number of nitrogens with one attached hydrogen (secondary N) is 2. The lowest BCUT2D eigenvalue weighted by molar-refractivity contribution is -0.175. The lowest BCUT2D eigenvalue weighted by Crippen LogP contribution is -2.62. The van der Waals surface area contributed by atoms with Crippen LogP contribution in [-0.4, -0.2) is 91.3 Å². The normalized spacial score (nSPS) is 25.4. The van der Waals surface area contributed by atoms with E-state index in [0.717, 1.165) is 56.9 Å². The molecule has 1 aromatic carbocycles. The van der Waals surface area contributed by atoms with Gasteiger partial charge in [-0.25, -0.2) is 9.18 Å². The predicted octanol–water partition coefficient (Wildman–Crippen LogP) is 4.82. The molecule has 3 saturated heterocycles. The van der Waals surface area contributed by atoms with Gasteiger partial charge in [0.15, 0.2) is 0 Å². The quantitative estimate of drug-likeness (QED) is 0.381. The van der Waals surface area contributed by atoms with E-state index in [1.54, 1.807) is 12.1 Å². The first kappa shape index (κ1) is 33.6. The minimum atomic E-state index is -0.797. The number of benzene rings is 1. The summed E-state index contributed by atoms with van der Waals surface area (Å²) in [4.78, 5) is 45.4. The number of amides is 3. The van der Waals surface area contributed by atoms with Gasteiger partial charge in [-0.2, -0.15) is 0 Å². The Bertz CT molecular complexity index is 1120. The van der Waals surface area contributed by atoms with Crippen LogP contribution in [0.2, 0.25) is 0 Å². The Morgan fingerprint density at radius 2 is 1.58 bits per heavy atom. The van der Waals surface area contributed by atoms with Crippen LogP contribution in [0.25, 0.3) is 0 Å². The Morgan fingerprint density at radius 1 is 0.956 bits per heavy atom. The van der Waals surface area contributed by atoms with Crippen LogP contribution in [0.4, 0.5) is 9.18 Å². The van der Waals surface area contributed by atoms with Gasteiger partial charge in [0.2, 0.25) is 5.91 Å². The fraction of sp³-hybridized carbons (Fsp3) is 0.743. The van der Waals surface area contributed by atoms with Gasteiger partial charge in [0.1, 0.15) is 18.0 Å². The molecule has 0 spiro atoms. The van der Waals surface area contributed by atoms with Crippen molar-refractivity contribution in [3.05, 3.63) is 35.6 Å². The molecular weight excluding hydrogens is 575 g/mol. The van der Waals surface area contributed by atoms with E-state index >= 15 is 0 Å². The third-order valence-electron chi connectivity index (χ3n) is 10.8. The third-order valence-corrected chi connectivity index (χ3v) is 10.8. The summed E-state index contributed by atoms with van der Waals surface area (Å²) in [5.41, 5.74) is 0.193. The molecule has 2 unspecified atom stereocenters. The predicted molar refractivity (Wildman–Crippen MR) is 170 cm³/mol. The summed E-state index contributed by atoms with van der Waals surface area (Å²) in [6.07, 6.45) is 10.0. The topological polar surface area (TPSA) is 100 Å². The molecule has 3 heterocycles. The van der Waals surface area contributed by atoms with Gasteiger partial charge in [-0.1, -0.05) is 45.2 Å². The van der Waals surface area contributed by atoms with Crippen molar-refractivity contribution in [3.8, 4) is 0 Å². The Morgan fingerprint density at radius 3 is 2.18 bits per heavy atom. The standard InChI is InChI=1S/C35H53FN4O5/c1-3-28-23-40(24-29(4-2)37-28)34(43)38-31(22-25-10-12-27(36)13-11-25)32(41)39-18-16-35(17-19-39,26-8-6-5-7-9-26)33(42)45-30-14-20-44-21-15-30/h10-13,26,28-31,37H,3-9,14-24H2,1-2H3,(H,38,43)/t28?,29?,31-/m1/s1. The number of rotatable bonds is 9. The van der Waals surface area contributed by atoms with Crippen molar-refractivity contribution < 1.29 is 28.2 Å². The van der Waals surface area contributed by atoms with Crippen molar-refractivity contribution in [2.45, 2.75) is 115 Å². The van der Waals surface area contributed by atoms with Crippen LogP contribution < -0.4 is 10.6 Å². The van der Waals surface area contributed by atoms with E-state index in [1.807, 2.05) is 9.80 Å². The molecule has 1 aliphatic carbocycles. The highest BCUT2D eigenvalue weighted by molar-refractivity contribution is 5.88. The largest absolute Gasteiger partial charge is 0.462 e. The zero-order valence-corrected chi connectivity index (χ0v) is 27.2. The molecule has 0 aromatic heterocycles. The van der Waals surface area contributed by atoms with Crippen LogP contribution in [0.15, 0.2) is 24.3 Å². The second-order valence-corrected chi connectivity index (χ2v) is 13.6. The molecule has 1 saturated carbocycles. The van der Waals surface area contributed by atoms with E-state index in [2.05, 4.69) is 24.5 Å². The number of hydrogen-bond donors (Lipinski definition) is 2. The van der Waals surface area contributed by atoms with Gasteiger partial charge in [0.25, 0.3) is 0 Å². The van der Waals surface area contributed by atoms with Crippen LogP contribution in [0.5, 0.6) is 0 Å². The molecule has 3 aliphatic heterocycles. The van der Waals surface area contributed by atoms with E-state index in [9.17, 15) is 18.8 Å². The molecule has 4 fully saturated rings. The molecule has 5 rings (SSSR count). The van der Waals surface area contributed by atoms with Crippen LogP contribution >= 0.6 is 0 Å². The number of halogens is 1. The average Bonchev–Trinajstić information content (AvgIpc) is 3.09. The van der Waals surface area contributed by atoms with E-state index in [0.29, 0.717) is 52.2 Å². The van der Waals surface area contributed by atoms with Crippen LogP contribution in [0.3, 0.4) is 0 Å². The summed E-state index contributed by atoms with van der Waals surface area (Å²) in [7, 11) is 0. The summed E-state index contributed by atoms with van der Waals surface area (Å²) in [6, 6.07) is 5.48. The Hall–Kier alpha value is -2.72. The molecule has 2 N–H and O–H groups in total. The maximum Gasteiger partial charge on any atom is 0.318 e. The molecule has 0 radical (unpaired) electrons. The molecule has 45 heavy (non-hydrogen) atoms. The fourth-order valence-electron chi connectivity index (χ4n) is 7.84. The first-order valence-electron chi connectivity index (χ1n) is 17.4. The summed E-state index contributed by atoms with van der Waals surface area (Å²) >= 11 is 0. The Kier molecular flexibility index (Phi) is 11.7. The second kappa shape index (κ2) is 15.7. The lowest BCUT2D eigenvalue weighted by atomic mass is 9.63. The van der Waals surface area contributed by atoms with Gasteiger partial charge >= 0.3 is 12.0 Å². The average molecular weight is 629 g/mol. The number of urea groups is 1. The summed E-state index contributed by atoms with van der Waals surface area (Å²) < 4.78 is 25.3. The van der Waals surface area contributed by atoms with E-state index in [4.69, 9.17) is 9.47 Å². The zero-order valence-electron chi connectivity index (χ0n) is 27.2. The monoisotopic (exact) mass is 628 g/mol. The van der Waals surface area contributed by atoms with Crippen LogP contribution in [-0.2, 0) is 25.5 Å². The van der Waals surface area contributed by atoms with Crippen LogP contribution in [0, 0.1) is 17.2 Å². The van der Waals surface area contributed by atoms with Crippen molar-refractivity contribution in [1.82, 2.24) is 20.4 Å². The Balaban J connectivity index is 1.30. The van der Waals surface area contributed by atoms with Gasteiger partial charge in [0, 0.05) is 57.5 Å². The van der Waals surface area contributed by atoms with Gasteiger partial charge in [-0.05, 0) is 62.1 Å². The first-order chi connectivity index (χ1) is 21.8. The van der Waals surface area contributed by atoms with E-state index < -0.39 is 11.5 Å². The molecule has 10 heteroatoms. The summed E-state index contributed by atoms with van der Waals surface area (Å²) in [5, 5.41) is 6.67. The second-order valence-electron chi connectivity index (χ2n) is 13.6. The summed E-state index contributed by atoms with van der Waals surface area (Å²) in [5.74, 6) is -0.335. The van der Waals surface area contributed by atoms with E-state index in [1.165, 1.54) is 18.6 Å². The zero-order chi connectivity index (χ0) is 31.8. The van der Waals surface area contributed by atoms with Gasteiger partial charge in [-0.15, -0.1) is 0 Å². The molecule has 250 valence electrons. The number of likely N-dealkylation sites (tertiary alicyclic amines) is 1. The van der Waals surface area contributed by atoms with E-state index in [-0.39, 0.29) is 54.3 Å². The summed E-state index contributed by atoms with van der Waals surface area (Å²) in [6.45, 7) is 7.49. The number of ether oxygens (including phenoxy) is 2. The molecule has 3 amide bonds. The minimum absolute atomic E-state index is 0.0979. The molecule has 9 nitrogen and oxygen atoms in total. The highest BCUT2D eigenvalue weighted by atomic mass is 19.1. The van der Waals surface area contributed by atoms with Crippen molar-refractivity contribution in [3.63, 3.8) is 0 Å². The maximum absolute atomic E-state index is 14.2. The first-order valence-corrected chi connectivity index (χ1v) is 17.4. The molecular formula is C35H53FN4O5. The third kappa shape index (κ3) is 8.36. The number of carbonyl (C=O) groups is 3. The van der Waals surface area contributed by atoms with Crippen LogP contribution in [0.1, 0.15) is 90.0 Å². The number of esters is 1. The van der Waals surface area contributed by atoms with Crippen molar-refractivity contribution in [2.75, 3.05) is 39.4 Å². The highest BCUT2D eigenvalue weighted by Gasteiger charge is 2.50. The van der Waals surface area contributed by atoms with Crippen molar-refractivity contribution in [2.24, 2.45) is 11.3 Å². The Labute approximate surface area is 267 Å². The van der Waals surface area contributed by atoms with Crippen molar-refractivity contribution >= 4 is 17.9 Å². The van der Waals surface area contributed by atoms with Crippen molar-refractivity contribution in [1.29, 1.82) is 0 Å². The lowest BCUT2D eigenvalue weighted by Gasteiger charge is -2.47. The minimum Gasteiger partial charge on any atom is -0.462 e. The molecule has 0 bridgehead atoms. The van der Waals surface area contributed by atoms with Gasteiger partial charge in [0.05, 0.1) is 18.6 Å². The number of hydrogen-bond acceptors (Lipinski definition) is 6. The van der Waals surface area contributed by atoms with Gasteiger partial charge < -0.3 is 29.9 Å². The number of piperidine rings is 1. The fourth-order valence-corrected chi connectivity index (χ4v) is 7.84. The highest BCUT2D eigenvalue weighted by Crippen LogP contribution is 2.47. The SMILES string of the molecule is CCC1CN(C(=O)N[C@H](Cc2ccc(F)cc2)C(=O)N2CCC(C(=O)OC3CCOCC3)(C3CCCCC3)CC2)CC(CC)N1. The number of nitrogens with zero attached hydrogens (tertiary/aromatic N) is 2. The number of piperazine rings is 1. The smallest absolute Gasteiger partial charge is 0.318 e. The van der Waals surface area contributed by atoms with Gasteiger partial charge in [-0.3, -0.25) is 9.59 Å². The molecule has 3 atom stereocenters. The molecule has 1 aromatic rings. The molecule has 4 aliphatic rings.